The lowest BCUT2D eigenvalue weighted by Crippen LogP contribution is -2.29. The van der Waals surface area contributed by atoms with Crippen LogP contribution in [0.25, 0.3) is 0 Å². The second-order valence-electron chi connectivity index (χ2n) is 3.87. The molecular weight excluding hydrogens is 233 g/mol. The SMILES string of the molecule is CN(c1cc(Cl)nc(Cl)n1)C1CCCC1. The maximum Gasteiger partial charge on any atom is 0.225 e. The van der Waals surface area contributed by atoms with E-state index in [9.17, 15) is 0 Å². The predicted molar refractivity (Wildman–Crippen MR) is 62.7 cm³/mol. The predicted octanol–water partition coefficient (Wildman–Crippen LogP) is 3.16. The number of hydrogen-bond acceptors (Lipinski definition) is 3. The molecule has 0 N–H and O–H groups in total. The van der Waals surface area contributed by atoms with Gasteiger partial charge in [-0.3, -0.25) is 0 Å². The molecule has 0 aliphatic heterocycles. The van der Waals surface area contributed by atoms with Crippen LogP contribution in [0.3, 0.4) is 0 Å². The number of rotatable bonds is 2. The molecule has 1 aromatic heterocycles. The third kappa shape index (κ3) is 2.52. The minimum atomic E-state index is 0.211. The number of aromatic nitrogens is 2. The van der Waals surface area contributed by atoms with Gasteiger partial charge in [-0.25, -0.2) is 9.97 Å². The van der Waals surface area contributed by atoms with E-state index in [4.69, 9.17) is 23.2 Å². The van der Waals surface area contributed by atoms with Crippen LogP contribution in [0.5, 0.6) is 0 Å². The summed E-state index contributed by atoms with van der Waals surface area (Å²) in [6.07, 6.45) is 5.02. The molecule has 0 amide bonds. The van der Waals surface area contributed by atoms with E-state index in [2.05, 4.69) is 14.9 Å². The summed E-state index contributed by atoms with van der Waals surface area (Å²) in [6.45, 7) is 0. The minimum Gasteiger partial charge on any atom is -0.357 e. The number of anilines is 1. The van der Waals surface area contributed by atoms with Crippen molar-refractivity contribution in [1.82, 2.24) is 9.97 Å². The quantitative estimate of drug-likeness (QED) is 0.592. The smallest absolute Gasteiger partial charge is 0.225 e. The second-order valence-corrected chi connectivity index (χ2v) is 4.59. The van der Waals surface area contributed by atoms with Crippen LogP contribution in [-0.4, -0.2) is 23.1 Å². The van der Waals surface area contributed by atoms with Crippen LogP contribution in [0.4, 0.5) is 5.82 Å². The van der Waals surface area contributed by atoms with Crippen LogP contribution in [0.1, 0.15) is 25.7 Å². The first-order valence-corrected chi connectivity index (χ1v) is 5.85. The van der Waals surface area contributed by atoms with Crippen LogP contribution in [0, 0.1) is 0 Å². The maximum absolute atomic E-state index is 5.84. The lowest BCUT2D eigenvalue weighted by atomic mass is 10.2. The van der Waals surface area contributed by atoms with Gasteiger partial charge in [0.1, 0.15) is 11.0 Å². The Morgan fingerprint density at radius 2 is 1.93 bits per heavy atom. The molecule has 1 fully saturated rings. The molecule has 0 bridgehead atoms. The summed E-state index contributed by atoms with van der Waals surface area (Å²) >= 11 is 11.6. The Kier molecular flexibility index (Phi) is 3.32. The monoisotopic (exact) mass is 245 g/mol. The Morgan fingerprint density at radius 1 is 1.27 bits per heavy atom. The molecule has 1 aliphatic rings. The summed E-state index contributed by atoms with van der Waals surface area (Å²) in [7, 11) is 2.03. The number of halogens is 2. The fourth-order valence-corrected chi connectivity index (χ4v) is 2.44. The topological polar surface area (TPSA) is 29.0 Å². The van der Waals surface area contributed by atoms with Crippen molar-refractivity contribution in [3.8, 4) is 0 Å². The van der Waals surface area contributed by atoms with Gasteiger partial charge in [-0.2, -0.15) is 0 Å². The lowest BCUT2D eigenvalue weighted by molar-refractivity contribution is 0.646. The van der Waals surface area contributed by atoms with Gasteiger partial charge in [0.15, 0.2) is 0 Å². The Labute approximate surface area is 99.4 Å². The fraction of sp³-hybridized carbons (Fsp3) is 0.600. The van der Waals surface area contributed by atoms with Crippen molar-refractivity contribution in [3.05, 3.63) is 16.5 Å². The van der Waals surface area contributed by atoms with E-state index in [0.29, 0.717) is 11.2 Å². The van der Waals surface area contributed by atoms with Gasteiger partial charge in [0, 0.05) is 19.2 Å². The first-order chi connectivity index (χ1) is 7.16. The normalized spacial score (nSPS) is 17.0. The maximum atomic E-state index is 5.84. The van der Waals surface area contributed by atoms with Crippen molar-refractivity contribution in [2.75, 3.05) is 11.9 Å². The minimum absolute atomic E-state index is 0.211. The standard InChI is InChI=1S/C10H13Cl2N3/c1-15(7-4-2-3-5-7)9-6-8(11)13-10(12)14-9/h6-7H,2-5H2,1H3. The first kappa shape index (κ1) is 11.0. The van der Waals surface area contributed by atoms with Crippen molar-refractivity contribution in [1.29, 1.82) is 0 Å². The molecule has 0 unspecified atom stereocenters. The van der Waals surface area contributed by atoms with E-state index < -0.39 is 0 Å². The largest absolute Gasteiger partial charge is 0.357 e. The Morgan fingerprint density at radius 3 is 2.53 bits per heavy atom. The van der Waals surface area contributed by atoms with Crippen molar-refractivity contribution in [3.63, 3.8) is 0 Å². The lowest BCUT2D eigenvalue weighted by Gasteiger charge is -2.25. The van der Waals surface area contributed by atoms with Gasteiger partial charge >= 0.3 is 0 Å². The van der Waals surface area contributed by atoms with Gasteiger partial charge < -0.3 is 4.90 Å². The highest BCUT2D eigenvalue weighted by molar-refractivity contribution is 6.32. The van der Waals surface area contributed by atoms with Crippen LogP contribution < -0.4 is 4.90 Å². The van der Waals surface area contributed by atoms with Crippen molar-refractivity contribution < 1.29 is 0 Å². The molecule has 0 aromatic carbocycles. The molecule has 82 valence electrons. The highest BCUT2D eigenvalue weighted by Gasteiger charge is 2.21. The van der Waals surface area contributed by atoms with Crippen molar-refractivity contribution in [2.24, 2.45) is 0 Å². The van der Waals surface area contributed by atoms with E-state index in [-0.39, 0.29) is 5.28 Å². The average Bonchev–Trinajstić information content (AvgIpc) is 2.67. The van der Waals surface area contributed by atoms with Gasteiger partial charge in [-0.15, -0.1) is 0 Å². The van der Waals surface area contributed by atoms with Gasteiger partial charge in [-0.1, -0.05) is 24.4 Å². The molecule has 3 nitrogen and oxygen atoms in total. The Hall–Kier alpha value is -0.540. The van der Waals surface area contributed by atoms with Gasteiger partial charge in [0.2, 0.25) is 5.28 Å². The van der Waals surface area contributed by atoms with Crippen LogP contribution in [0.15, 0.2) is 6.07 Å². The molecule has 15 heavy (non-hydrogen) atoms. The van der Waals surface area contributed by atoms with E-state index in [1.165, 1.54) is 25.7 Å². The summed E-state index contributed by atoms with van der Waals surface area (Å²) in [5.41, 5.74) is 0. The summed E-state index contributed by atoms with van der Waals surface area (Å²) in [5, 5.41) is 0.609. The molecule has 5 heteroatoms. The molecule has 1 heterocycles. The molecule has 0 radical (unpaired) electrons. The Balaban J connectivity index is 2.20. The summed E-state index contributed by atoms with van der Waals surface area (Å²) in [6, 6.07) is 2.32. The zero-order chi connectivity index (χ0) is 10.8. The van der Waals surface area contributed by atoms with E-state index >= 15 is 0 Å². The number of hydrogen-bond donors (Lipinski definition) is 0. The summed E-state index contributed by atoms with van der Waals surface area (Å²) in [4.78, 5) is 10.2. The third-order valence-corrected chi connectivity index (χ3v) is 3.25. The molecule has 1 saturated carbocycles. The summed E-state index contributed by atoms with van der Waals surface area (Å²) in [5.74, 6) is 0.812. The Bertz CT molecular complexity index is 330. The van der Waals surface area contributed by atoms with Gasteiger partial charge in [0.25, 0.3) is 0 Å². The van der Waals surface area contributed by atoms with Gasteiger partial charge in [-0.05, 0) is 24.4 Å². The van der Waals surface area contributed by atoms with Crippen LogP contribution in [-0.2, 0) is 0 Å². The highest BCUT2D eigenvalue weighted by atomic mass is 35.5. The van der Waals surface area contributed by atoms with E-state index in [0.717, 1.165) is 5.82 Å². The van der Waals surface area contributed by atoms with E-state index in [1.54, 1.807) is 6.07 Å². The third-order valence-electron chi connectivity index (χ3n) is 2.89. The summed E-state index contributed by atoms with van der Waals surface area (Å²) < 4.78 is 0. The van der Waals surface area contributed by atoms with Crippen LogP contribution >= 0.6 is 23.2 Å². The van der Waals surface area contributed by atoms with Crippen LogP contribution in [0.2, 0.25) is 10.4 Å². The molecule has 0 spiro atoms. The van der Waals surface area contributed by atoms with E-state index in [1.807, 2.05) is 7.05 Å². The molecule has 0 saturated heterocycles. The molecular formula is C10H13Cl2N3. The van der Waals surface area contributed by atoms with Crippen molar-refractivity contribution >= 4 is 29.0 Å². The second kappa shape index (κ2) is 4.54. The number of nitrogens with zero attached hydrogens (tertiary/aromatic N) is 3. The molecule has 2 rings (SSSR count). The zero-order valence-corrected chi connectivity index (χ0v) is 10.1. The van der Waals surface area contributed by atoms with Gasteiger partial charge in [0.05, 0.1) is 0 Å². The fourth-order valence-electron chi connectivity index (χ4n) is 2.04. The molecule has 0 atom stereocenters. The zero-order valence-electron chi connectivity index (χ0n) is 8.58. The first-order valence-electron chi connectivity index (χ1n) is 5.10. The molecule has 1 aliphatic carbocycles. The highest BCUT2D eigenvalue weighted by Crippen LogP contribution is 2.27. The van der Waals surface area contributed by atoms with Crippen molar-refractivity contribution in [2.45, 2.75) is 31.7 Å². The molecule has 1 aromatic rings. The average molecular weight is 246 g/mol.